The van der Waals surface area contributed by atoms with Crippen LogP contribution in [0.15, 0.2) is 65.8 Å². The highest BCUT2D eigenvalue weighted by Gasteiger charge is 2.35. The standard InChI is InChI=1S/C22H19N5O6S/c28-20-10-14(12-27(20)16-4-7-18-19(11-16)33-13-32-18)21(29)25-15-2-5-17(6-3-15)34(30,31)26-22-23-8-1-9-24-22/h1-9,11,14H,10,12-13H2,(H,25,29)(H,23,24,26). The molecule has 1 fully saturated rings. The van der Waals surface area contributed by atoms with E-state index in [1.807, 2.05) is 0 Å². The van der Waals surface area contributed by atoms with Gasteiger partial charge in [0.15, 0.2) is 11.5 Å². The van der Waals surface area contributed by atoms with Gasteiger partial charge in [-0.2, -0.15) is 0 Å². The molecule has 1 atom stereocenters. The molecule has 11 nitrogen and oxygen atoms in total. The number of amides is 2. The highest BCUT2D eigenvalue weighted by Crippen LogP contribution is 2.37. The van der Waals surface area contributed by atoms with E-state index in [-0.39, 0.29) is 42.4 Å². The first-order chi connectivity index (χ1) is 16.4. The molecule has 2 aliphatic heterocycles. The van der Waals surface area contributed by atoms with Crippen molar-refractivity contribution in [3.05, 3.63) is 60.9 Å². The number of nitrogens with one attached hydrogen (secondary N) is 2. The van der Waals surface area contributed by atoms with Crippen LogP contribution in [0.5, 0.6) is 11.5 Å². The Balaban J connectivity index is 1.23. The Morgan fingerprint density at radius 2 is 1.76 bits per heavy atom. The Kier molecular flexibility index (Phi) is 5.49. The molecule has 0 saturated carbocycles. The normalized spacial score (nSPS) is 17.0. The number of hydrogen-bond acceptors (Lipinski definition) is 8. The summed E-state index contributed by atoms with van der Waals surface area (Å²) < 4.78 is 37.9. The lowest BCUT2D eigenvalue weighted by molar-refractivity contribution is -0.122. The summed E-state index contributed by atoms with van der Waals surface area (Å²) in [6.07, 6.45) is 2.91. The summed E-state index contributed by atoms with van der Waals surface area (Å²) in [7, 11) is -3.88. The summed E-state index contributed by atoms with van der Waals surface area (Å²) in [5.74, 6) is 0.0666. The fraction of sp³-hybridized carbons (Fsp3) is 0.182. The zero-order chi connectivity index (χ0) is 23.7. The summed E-state index contributed by atoms with van der Waals surface area (Å²) in [5, 5.41) is 2.74. The maximum atomic E-state index is 12.8. The Morgan fingerprint density at radius 1 is 1.03 bits per heavy atom. The van der Waals surface area contributed by atoms with Crippen molar-refractivity contribution in [3.8, 4) is 11.5 Å². The fourth-order valence-electron chi connectivity index (χ4n) is 3.68. The van der Waals surface area contributed by atoms with Gasteiger partial charge in [0, 0.05) is 42.8 Å². The molecule has 1 aromatic heterocycles. The number of carbonyl (C=O) groups is 2. The highest BCUT2D eigenvalue weighted by molar-refractivity contribution is 7.92. The number of ether oxygens (including phenoxy) is 2. The predicted octanol–water partition coefficient (Wildman–Crippen LogP) is 2.00. The van der Waals surface area contributed by atoms with E-state index in [2.05, 4.69) is 20.0 Å². The number of aromatic nitrogens is 2. The molecule has 12 heteroatoms. The third-order valence-electron chi connectivity index (χ3n) is 5.39. The van der Waals surface area contributed by atoms with Crippen LogP contribution >= 0.6 is 0 Å². The minimum absolute atomic E-state index is 0.0111. The Bertz CT molecular complexity index is 1350. The van der Waals surface area contributed by atoms with E-state index in [4.69, 9.17) is 9.47 Å². The molecular weight excluding hydrogens is 462 g/mol. The highest BCUT2D eigenvalue weighted by atomic mass is 32.2. The maximum absolute atomic E-state index is 12.8. The lowest BCUT2D eigenvalue weighted by atomic mass is 10.1. The molecule has 2 amide bonds. The fourth-order valence-corrected chi connectivity index (χ4v) is 4.64. The molecule has 34 heavy (non-hydrogen) atoms. The molecule has 2 aliphatic rings. The lowest BCUT2D eigenvalue weighted by Crippen LogP contribution is -2.28. The van der Waals surface area contributed by atoms with Gasteiger partial charge in [-0.05, 0) is 42.5 Å². The van der Waals surface area contributed by atoms with Gasteiger partial charge < -0.3 is 19.7 Å². The van der Waals surface area contributed by atoms with E-state index in [1.54, 1.807) is 29.2 Å². The van der Waals surface area contributed by atoms with Crippen LogP contribution in [-0.2, 0) is 19.6 Å². The molecule has 3 heterocycles. The predicted molar refractivity (Wildman–Crippen MR) is 121 cm³/mol. The van der Waals surface area contributed by atoms with Crippen molar-refractivity contribution in [2.75, 3.05) is 28.3 Å². The van der Waals surface area contributed by atoms with E-state index in [9.17, 15) is 18.0 Å². The first-order valence-electron chi connectivity index (χ1n) is 10.3. The summed E-state index contributed by atoms with van der Waals surface area (Å²) in [6.45, 7) is 0.353. The Hall–Kier alpha value is -4.19. The number of nitrogens with zero attached hydrogens (tertiary/aromatic N) is 3. The van der Waals surface area contributed by atoms with Crippen LogP contribution in [0.25, 0.3) is 0 Å². The second-order valence-corrected chi connectivity index (χ2v) is 9.32. The zero-order valence-corrected chi connectivity index (χ0v) is 18.5. The number of benzene rings is 2. The van der Waals surface area contributed by atoms with Crippen molar-refractivity contribution in [1.82, 2.24) is 9.97 Å². The third-order valence-corrected chi connectivity index (χ3v) is 6.73. The number of sulfonamides is 1. The molecular formula is C22H19N5O6S. The van der Waals surface area contributed by atoms with Gasteiger partial charge in [-0.25, -0.2) is 23.1 Å². The summed E-state index contributed by atoms with van der Waals surface area (Å²) in [5.41, 5.74) is 1.04. The number of fused-ring (bicyclic) bond motifs is 1. The maximum Gasteiger partial charge on any atom is 0.264 e. The molecule has 2 aromatic carbocycles. The molecule has 1 saturated heterocycles. The molecule has 174 valence electrons. The van der Waals surface area contributed by atoms with Crippen LogP contribution in [0.4, 0.5) is 17.3 Å². The van der Waals surface area contributed by atoms with Gasteiger partial charge in [-0.1, -0.05) is 0 Å². The quantitative estimate of drug-likeness (QED) is 0.545. The van der Waals surface area contributed by atoms with Crippen LogP contribution in [0.1, 0.15) is 6.42 Å². The smallest absolute Gasteiger partial charge is 0.264 e. The van der Waals surface area contributed by atoms with Crippen molar-refractivity contribution < 1.29 is 27.5 Å². The molecule has 1 unspecified atom stereocenters. The van der Waals surface area contributed by atoms with Crippen molar-refractivity contribution >= 4 is 39.2 Å². The van der Waals surface area contributed by atoms with Crippen LogP contribution in [0.2, 0.25) is 0 Å². The molecule has 0 aliphatic carbocycles. The average Bonchev–Trinajstić information content (AvgIpc) is 3.46. The van der Waals surface area contributed by atoms with Crippen molar-refractivity contribution in [3.63, 3.8) is 0 Å². The van der Waals surface area contributed by atoms with E-state index in [0.717, 1.165) is 0 Å². The second-order valence-electron chi connectivity index (χ2n) is 7.63. The number of anilines is 3. The third kappa shape index (κ3) is 4.35. The first kappa shape index (κ1) is 21.6. The van der Waals surface area contributed by atoms with Crippen molar-refractivity contribution in [1.29, 1.82) is 0 Å². The van der Waals surface area contributed by atoms with Gasteiger partial charge in [-0.3, -0.25) is 9.59 Å². The average molecular weight is 481 g/mol. The number of carbonyl (C=O) groups excluding carboxylic acids is 2. The van der Waals surface area contributed by atoms with Crippen molar-refractivity contribution in [2.45, 2.75) is 11.3 Å². The Morgan fingerprint density at radius 3 is 2.53 bits per heavy atom. The minimum atomic E-state index is -3.88. The van der Waals surface area contributed by atoms with E-state index < -0.39 is 15.9 Å². The Labute approximate surface area is 194 Å². The number of hydrogen-bond donors (Lipinski definition) is 2. The summed E-state index contributed by atoms with van der Waals surface area (Å²) in [6, 6.07) is 12.4. The SMILES string of the molecule is O=C(Nc1ccc(S(=O)(=O)Nc2ncccn2)cc1)C1CC(=O)N(c2ccc3c(c2)OCO3)C1. The first-order valence-corrected chi connectivity index (χ1v) is 11.8. The van der Waals surface area contributed by atoms with Gasteiger partial charge in [0.25, 0.3) is 10.0 Å². The van der Waals surface area contributed by atoms with E-state index in [0.29, 0.717) is 22.9 Å². The number of rotatable bonds is 6. The molecule has 0 spiro atoms. The van der Waals surface area contributed by atoms with Gasteiger partial charge in [0.2, 0.25) is 24.6 Å². The van der Waals surface area contributed by atoms with Gasteiger partial charge in [-0.15, -0.1) is 0 Å². The van der Waals surface area contributed by atoms with Gasteiger partial charge >= 0.3 is 0 Å². The monoisotopic (exact) mass is 481 g/mol. The van der Waals surface area contributed by atoms with Crippen LogP contribution in [-0.4, -0.2) is 43.5 Å². The largest absolute Gasteiger partial charge is 0.454 e. The topological polar surface area (TPSA) is 140 Å². The van der Waals surface area contributed by atoms with E-state index in [1.165, 1.54) is 36.7 Å². The molecule has 0 bridgehead atoms. The van der Waals surface area contributed by atoms with E-state index >= 15 is 0 Å². The molecule has 5 rings (SSSR count). The minimum Gasteiger partial charge on any atom is -0.454 e. The van der Waals surface area contributed by atoms with Crippen LogP contribution < -0.4 is 24.4 Å². The zero-order valence-electron chi connectivity index (χ0n) is 17.7. The summed E-state index contributed by atoms with van der Waals surface area (Å²) >= 11 is 0. The van der Waals surface area contributed by atoms with Crippen molar-refractivity contribution in [2.24, 2.45) is 5.92 Å². The summed E-state index contributed by atoms with van der Waals surface area (Å²) in [4.78, 5) is 34.5. The van der Waals surface area contributed by atoms with Gasteiger partial charge in [0.05, 0.1) is 10.8 Å². The molecule has 3 aromatic rings. The van der Waals surface area contributed by atoms with Crippen LogP contribution in [0.3, 0.4) is 0 Å². The molecule has 0 radical (unpaired) electrons. The van der Waals surface area contributed by atoms with Crippen LogP contribution in [0, 0.1) is 5.92 Å². The van der Waals surface area contributed by atoms with Gasteiger partial charge in [0.1, 0.15) is 0 Å². The molecule has 2 N–H and O–H groups in total. The lowest BCUT2D eigenvalue weighted by Gasteiger charge is -2.17. The second kappa shape index (κ2) is 8.63.